The molecule has 0 unspecified atom stereocenters. The summed E-state index contributed by atoms with van der Waals surface area (Å²) in [7, 11) is -1.76. The number of allylic oxidation sites excluding steroid dienone is 2. The predicted molar refractivity (Wildman–Crippen MR) is 145 cm³/mol. The highest BCUT2D eigenvalue weighted by molar-refractivity contribution is 6.58. The van der Waals surface area contributed by atoms with Gasteiger partial charge in [0.25, 0.3) is 0 Å². The van der Waals surface area contributed by atoms with E-state index < -0.39 is 61.0 Å². The molecular formula is C29H33BFNO7. The number of aliphatic hydroxyl groups is 2. The summed E-state index contributed by atoms with van der Waals surface area (Å²) in [5, 5.41) is 50.1. The number of aliphatic hydroxyl groups excluding tert-OH is 2. The summed E-state index contributed by atoms with van der Waals surface area (Å²) in [6.45, 7) is 3.34. The normalized spacial score (nSPS) is 22.4. The highest BCUT2D eigenvalue weighted by atomic mass is 19.1. The summed E-state index contributed by atoms with van der Waals surface area (Å²) in [5.41, 5.74) is 3.25. The summed E-state index contributed by atoms with van der Waals surface area (Å²) >= 11 is 0. The molecule has 0 saturated carbocycles. The van der Waals surface area contributed by atoms with Gasteiger partial charge in [0.15, 0.2) is 11.6 Å². The molecule has 2 aliphatic rings. The van der Waals surface area contributed by atoms with Crippen molar-refractivity contribution < 1.29 is 39.3 Å². The molecule has 4 atom stereocenters. The van der Waals surface area contributed by atoms with Gasteiger partial charge in [0.2, 0.25) is 11.8 Å². The highest BCUT2D eigenvalue weighted by Crippen LogP contribution is 2.47. The van der Waals surface area contributed by atoms with Gasteiger partial charge in [0.05, 0.1) is 30.2 Å². The number of anilines is 1. The van der Waals surface area contributed by atoms with Crippen molar-refractivity contribution in [3.05, 3.63) is 70.6 Å². The number of rotatable bonds is 9. The molecule has 4 rings (SSSR count). The van der Waals surface area contributed by atoms with Gasteiger partial charge < -0.3 is 25.4 Å². The SMILES string of the molecule is CCC1=C([C@H](O)CC/C(C)=C/c2ccc(O)c(F)c2)[C@H](CO)[C@@H]2C(=O)N(c3cccc(B(O)O)c3)C(=O)[C@@H]2C1. The molecular weight excluding hydrogens is 504 g/mol. The zero-order valence-corrected chi connectivity index (χ0v) is 21.9. The number of halogens is 1. The Hall–Kier alpha value is -3.31. The number of carbonyl (C=O) groups excluding carboxylic acids is 2. The van der Waals surface area contributed by atoms with Crippen molar-refractivity contribution in [2.24, 2.45) is 17.8 Å². The maximum atomic E-state index is 13.7. The first-order chi connectivity index (χ1) is 18.6. The van der Waals surface area contributed by atoms with E-state index in [2.05, 4.69) is 0 Å². The lowest BCUT2D eigenvalue weighted by molar-refractivity contribution is -0.123. The molecule has 0 bridgehead atoms. The van der Waals surface area contributed by atoms with Crippen molar-refractivity contribution in [2.45, 2.75) is 45.6 Å². The van der Waals surface area contributed by atoms with E-state index in [4.69, 9.17) is 0 Å². The van der Waals surface area contributed by atoms with Gasteiger partial charge in [-0.15, -0.1) is 0 Å². The Bertz CT molecular complexity index is 1320. The van der Waals surface area contributed by atoms with Crippen molar-refractivity contribution in [1.82, 2.24) is 0 Å². The summed E-state index contributed by atoms with van der Waals surface area (Å²) in [4.78, 5) is 28.1. The number of aromatic hydroxyl groups is 1. The molecule has 0 spiro atoms. The average molecular weight is 537 g/mol. The topological polar surface area (TPSA) is 139 Å². The van der Waals surface area contributed by atoms with Gasteiger partial charge in [-0.05, 0) is 73.5 Å². The number of fused-ring (bicyclic) bond motifs is 1. The van der Waals surface area contributed by atoms with Crippen LogP contribution in [0.25, 0.3) is 6.08 Å². The number of amides is 2. The van der Waals surface area contributed by atoms with Gasteiger partial charge in [-0.2, -0.15) is 0 Å². The Morgan fingerprint density at radius 3 is 2.56 bits per heavy atom. The van der Waals surface area contributed by atoms with Crippen LogP contribution in [0.15, 0.2) is 59.2 Å². The number of hydrogen-bond donors (Lipinski definition) is 5. The van der Waals surface area contributed by atoms with Crippen LogP contribution >= 0.6 is 0 Å². The lowest BCUT2D eigenvalue weighted by atomic mass is 9.67. The van der Waals surface area contributed by atoms with Crippen LogP contribution in [0.2, 0.25) is 0 Å². The van der Waals surface area contributed by atoms with Gasteiger partial charge in [0, 0.05) is 5.92 Å². The van der Waals surface area contributed by atoms with Crippen molar-refractivity contribution >= 4 is 36.2 Å². The third-order valence-electron chi connectivity index (χ3n) is 7.79. The lowest BCUT2D eigenvalue weighted by Crippen LogP contribution is -2.39. The van der Waals surface area contributed by atoms with Crippen LogP contribution in [0.3, 0.4) is 0 Å². The van der Waals surface area contributed by atoms with E-state index in [1.165, 1.54) is 30.3 Å². The molecule has 2 amide bonds. The highest BCUT2D eigenvalue weighted by Gasteiger charge is 2.55. The van der Waals surface area contributed by atoms with Gasteiger partial charge >= 0.3 is 7.12 Å². The Balaban J connectivity index is 1.57. The minimum absolute atomic E-state index is 0.142. The first kappa shape index (κ1) is 28.7. The van der Waals surface area contributed by atoms with E-state index >= 15 is 0 Å². The van der Waals surface area contributed by atoms with Gasteiger partial charge in [-0.3, -0.25) is 14.5 Å². The quantitative estimate of drug-likeness (QED) is 0.188. The fourth-order valence-electron chi connectivity index (χ4n) is 5.87. The third kappa shape index (κ3) is 5.70. The molecule has 206 valence electrons. The third-order valence-corrected chi connectivity index (χ3v) is 7.79. The molecule has 1 aliphatic carbocycles. The summed E-state index contributed by atoms with van der Waals surface area (Å²) in [5.74, 6) is -4.32. The van der Waals surface area contributed by atoms with Crippen LogP contribution in [-0.2, 0) is 9.59 Å². The van der Waals surface area contributed by atoms with Crippen LogP contribution in [0.1, 0.15) is 45.1 Å². The minimum atomic E-state index is -1.76. The molecule has 2 aromatic rings. The van der Waals surface area contributed by atoms with E-state index in [1.54, 1.807) is 18.2 Å². The Labute approximate surface area is 226 Å². The van der Waals surface area contributed by atoms with Crippen molar-refractivity contribution in [3.8, 4) is 5.75 Å². The maximum Gasteiger partial charge on any atom is 0.488 e. The summed E-state index contributed by atoms with van der Waals surface area (Å²) in [6.07, 6.45) is 2.40. The molecule has 0 radical (unpaired) electrons. The van der Waals surface area contributed by atoms with Crippen LogP contribution in [0.5, 0.6) is 5.75 Å². The summed E-state index contributed by atoms with van der Waals surface area (Å²) < 4.78 is 13.7. The predicted octanol–water partition coefficient (Wildman–Crippen LogP) is 2.28. The molecule has 0 aromatic heterocycles. The van der Waals surface area contributed by atoms with E-state index in [0.717, 1.165) is 16.0 Å². The number of phenols is 1. The zero-order valence-electron chi connectivity index (χ0n) is 21.9. The lowest BCUT2D eigenvalue weighted by Gasteiger charge is -2.36. The Morgan fingerprint density at radius 2 is 1.92 bits per heavy atom. The second-order valence-corrected chi connectivity index (χ2v) is 10.3. The fourth-order valence-corrected chi connectivity index (χ4v) is 5.87. The second-order valence-electron chi connectivity index (χ2n) is 10.3. The van der Waals surface area contributed by atoms with Gasteiger partial charge in [0.1, 0.15) is 0 Å². The average Bonchev–Trinajstić information content (AvgIpc) is 3.17. The number of imide groups is 1. The van der Waals surface area contributed by atoms with E-state index in [-0.39, 0.29) is 17.6 Å². The van der Waals surface area contributed by atoms with Gasteiger partial charge in [-0.25, -0.2) is 4.39 Å². The number of carbonyl (C=O) groups is 2. The molecule has 8 nitrogen and oxygen atoms in total. The molecule has 1 heterocycles. The Morgan fingerprint density at radius 1 is 1.18 bits per heavy atom. The fraction of sp³-hybridized carbons (Fsp3) is 0.379. The van der Waals surface area contributed by atoms with E-state index in [9.17, 15) is 39.3 Å². The first-order valence-corrected chi connectivity index (χ1v) is 13.1. The second kappa shape index (κ2) is 11.8. The van der Waals surface area contributed by atoms with Crippen LogP contribution in [0, 0.1) is 23.6 Å². The number of benzene rings is 2. The monoisotopic (exact) mass is 537 g/mol. The maximum absolute atomic E-state index is 13.7. The van der Waals surface area contributed by atoms with Crippen molar-refractivity contribution in [1.29, 1.82) is 0 Å². The molecule has 2 aromatic carbocycles. The number of hydrogen-bond acceptors (Lipinski definition) is 7. The molecule has 39 heavy (non-hydrogen) atoms. The minimum Gasteiger partial charge on any atom is -0.505 e. The smallest absolute Gasteiger partial charge is 0.488 e. The number of phenolic OH excluding ortho intramolecular Hbond substituents is 1. The first-order valence-electron chi connectivity index (χ1n) is 13.1. The molecule has 10 heteroatoms. The zero-order chi connectivity index (χ0) is 28.4. The van der Waals surface area contributed by atoms with Gasteiger partial charge in [-0.1, -0.05) is 42.3 Å². The largest absolute Gasteiger partial charge is 0.505 e. The Kier molecular flexibility index (Phi) is 8.71. The van der Waals surface area contributed by atoms with Crippen molar-refractivity contribution in [2.75, 3.05) is 11.5 Å². The standard InChI is InChI=1S/C29H33BFNO7/c1-3-18-13-21-27(29(37)32(28(21)36)20-6-4-5-19(14-20)30(38)39)22(15-33)26(18)25(35)9-7-16(2)11-17-8-10-24(34)23(31)12-17/h4-6,8,10-12,14,21-22,25,27,33-35,38-39H,3,7,9,13,15H2,1-2H3/b16-11+/t21-,22+,25-,27-/m1/s1. The van der Waals surface area contributed by atoms with Crippen molar-refractivity contribution in [3.63, 3.8) is 0 Å². The molecule has 1 fully saturated rings. The number of nitrogens with zero attached hydrogens (tertiary/aromatic N) is 1. The van der Waals surface area contributed by atoms with Crippen LogP contribution < -0.4 is 10.4 Å². The van der Waals surface area contributed by atoms with E-state index in [1.807, 2.05) is 13.8 Å². The molecule has 5 N–H and O–H groups in total. The molecule has 1 saturated heterocycles. The van der Waals surface area contributed by atoms with Crippen LogP contribution in [0.4, 0.5) is 10.1 Å². The van der Waals surface area contributed by atoms with Crippen LogP contribution in [-0.4, -0.2) is 57.0 Å². The molecule has 1 aliphatic heterocycles. The van der Waals surface area contributed by atoms with E-state index in [0.29, 0.717) is 30.4 Å². The summed E-state index contributed by atoms with van der Waals surface area (Å²) in [6, 6.07) is 10.0.